The molecule has 5 nitrogen and oxygen atoms in total. The van der Waals surface area contributed by atoms with Crippen LogP contribution in [0.1, 0.15) is 35.6 Å². The van der Waals surface area contributed by atoms with Gasteiger partial charge in [-0.15, -0.1) is 0 Å². The van der Waals surface area contributed by atoms with E-state index in [2.05, 4.69) is 67.1 Å². The highest BCUT2D eigenvalue weighted by Crippen LogP contribution is 2.33. The van der Waals surface area contributed by atoms with Crippen molar-refractivity contribution in [2.75, 3.05) is 27.8 Å². The summed E-state index contributed by atoms with van der Waals surface area (Å²) in [6.07, 6.45) is 2.09. The van der Waals surface area contributed by atoms with Gasteiger partial charge in [0.2, 0.25) is 5.91 Å². The standard InChI is InChI=1S/C28H34N2O3/c1-6-27(29(3)18-24-19(2)11-12-20-9-7-8-10-23(20)24)30-14-13-21-15-25(32-4)26(33-5)16-22(21)17-28(30)31/h7-12,15-16,27H,6,13-14,17-18H2,1-5H3. The molecule has 1 unspecified atom stereocenters. The van der Waals surface area contributed by atoms with Gasteiger partial charge in [-0.1, -0.05) is 43.3 Å². The van der Waals surface area contributed by atoms with Gasteiger partial charge in [-0.3, -0.25) is 9.69 Å². The number of ether oxygens (including phenoxy) is 2. The summed E-state index contributed by atoms with van der Waals surface area (Å²) < 4.78 is 11.0. The van der Waals surface area contributed by atoms with Crippen LogP contribution >= 0.6 is 0 Å². The number of fused-ring (bicyclic) bond motifs is 2. The van der Waals surface area contributed by atoms with Crippen LogP contribution in [0.2, 0.25) is 0 Å². The smallest absolute Gasteiger partial charge is 0.228 e. The van der Waals surface area contributed by atoms with Crippen molar-refractivity contribution in [3.05, 3.63) is 70.8 Å². The molecule has 0 spiro atoms. The summed E-state index contributed by atoms with van der Waals surface area (Å²) in [5, 5.41) is 2.54. The second kappa shape index (κ2) is 9.84. The fraction of sp³-hybridized carbons (Fsp3) is 0.393. The van der Waals surface area contributed by atoms with E-state index in [1.54, 1.807) is 14.2 Å². The molecule has 0 radical (unpaired) electrons. The zero-order valence-electron chi connectivity index (χ0n) is 20.4. The first kappa shape index (κ1) is 23.1. The topological polar surface area (TPSA) is 42.0 Å². The van der Waals surface area contributed by atoms with Gasteiger partial charge in [0.15, 0.2) is 11.5 Å². The van der Waals surface area contributed by atoms with E-state index in [0.717, 1.165) is 30.5 Å². The Balaban J connectivity index is 1.59. The summed E-state index contributed by atoms with van der Waals surface area (Å²) in [5.41, 5.74) is 4.80. The molecule has 33 heavy (non-hydrogen) atoms. The van der Waals surface area contributed by atoms with Gasteiger partial charge in [-0.05, 0) is 72.0 Å². The normalized spacial score (nSPS) is 14.8. The van der Waals surface area contributed by atoms with Crippen LogP contribution in [0.15, 0.2) is 48.5 Å². The van der Waals surface area contributed by atoms with Crippen LogP contribution in [-0.4, -0.2) is 49.7 Å². The van der Waals surface area contributed by atoms with Crippen LogP contribution in [0, 0.1) is 6.92 Å². The molecule has 1 amide bonds. The Labute approximate surface area is 196 Å². The molecule has 1 atom stereocenters. The number of carbonyl (C=O) groups excluding carboxylic acids is 1. The Hall–Kier alpha value is -3.05. The molecule has 3 aromatic rings. The highest BCUT2D eigenvalue weighted by atomic mass is 16.5. The quantitative estimate of drug-likeness (QED) is 0.514. The highest BCUT2D eigenvalue weighted by molar-refractivity contribution is 5.86. The lowest BCUT2D eigenvalue weighted by atomic mass is 9.99. The Morgan fingerprint density at radius 1 is 1.03 bits per heavy atom. The van der Waals surface area contributed by atoms with Crippen molar-refractivity contribution in [3.63, 3.8) is 0 Å². The third kappa shape index (κ3) is 4.55. The van der Waals surface area contributed by atoms with Crippen molar-refractivity contribution < 1.29 is 14.3 Å². The molecular formula is C28H34N2O3. The van der Waals surface area contributed by atoms with Crippen LogP contribution in [0.4, 0.5) is 0 Å². The van der Waals surface area contributed by atoms with E-state index in [1.165, 1.54) is 21.9 Å². The lowest BCUT2D eigenvalue weighted by Crippen LogP contribution is -2.49. The van der Waals surface area contributed by atoms with E-state index in [4.69, 9.17) is 9.47 Å². The minimum Gasteiger partial charge on any atom is -0.493 e. The second-order valence-electron chi connectivity index (χ2n) is 8.88. The van der Waals surface area contributed by atoms with Crippen LogP contribution in [0.5, 0.6) is 11.5 Å². The van der Waals surface area contributed by atoms with E-state index >= 15 is 0 Å². The molecule has 0 aromatic heterocycles. The summed E-state index contributed by atoms with van der Waals surface area (Å²) in [6.45, 7) is 5.82. The summed E-state index contributed by atoms with van der Waals surface area (Å²) in [4.78, 5) is 17.8. The number of benzene rings is 3. The summed E-state index contributed by atoms with van der Waals surface area (Å²) in [5.74, 6) is 1.55. The number of hydrogen-bond acceptors (Lipinski definition) is 4. The van der Waals surface area contributed by atoms with Gasteiger partial charge in [0.1, 0.15) is 0 Å². The second-order valence-corrected chi connectivity index (χ2v) is 8.88. The molecule has 0 saturated carbocycles. The van der Waals surface area contributed by atoms with Gasteiger partial charge in [-0.2, -0.15) is 0 Å². The maximum Gasteiger partial charge on any atom is 0.228 e. The zero-order chi connectivity index (χ0) is 23.5. The van der Waals surface area contributed by atoms with Gasteiger partial charge in [0.25, 0.3) is 0 Å². The van der Waals surface area contributed by atoms with E-state index in [1.807, 2.05) is 12.1 Å². The van der Waals surface area contributed by atoms with Crippen LogP contribution in [0.3, 0.4) is 0 Å². The number of amides is 1. The maximum absolute atomic E-state index is 13.4. The molecule has 0 fully saturated rings. The van der Waals surface area contributed by atoms with Gasteiger partial charge in [0.05, 0.1) is 26.8 Å². The minimum atomic E-state index is 0.0361. The Kier molecular flexibility index (Phi) is 6.89. The van der Waals surface area contributed by atoms with Crippen molar-refractivity contribution in [1.82, 2.24) is 9.80 Å². The Morgan fingerprint density at radius 2 is 1.73 bits per heavy atom. The summed E-state index contributed by atoms with van der Waals surface area (Å²) in [6, 6.07) is 16.9. The molecule has 0 saturated heterocycles. The lowest BCUT2D eigenvalue weighted by molar-refractivity contribution is -0.136. The Morgan fingerprint density at radius 3 is 2.42 bits per heavy atom. The fourth-order valence-corrected chi connectivity index (χ4v) is 5.09. The zero-order valence-corrected chi connectivity index (χ0v) is 20.4. The molecule has 174 valence electrons. The number of aryl methyl sites for hydroxylation is 1. The first-order valence-corrected chi connectivity index (χ1v) is 11.7. The molecule has 3 aromatic carbocycles. The van der Waals surface area contributed by atoms with E-state index < -0.39 is 0 Å². The van der Waals surface area contributed by atoms with Gasteiger partial charge < -0.3 is 14.4 Å². The molecule has 0 N–H and O–H groups in total. The van der Waals surface area contributed by atoms with E-state index in [-0.39, 0.29) is 12.1 Å². The minimum absolute atomic E-state index is 0.0361. The third-order valence-electron chi connectivity index (χ3n) is 6.91. The first-order valence-electron chi connectivity index (χ1n) is 11.7. The van der Waals surface area contributed by atoms with Crippen molar-refractivity contribution in [2.24, 2.45) is 0 Å². The molecular weight excluding hydrogens is 412 g/mol. The summed E-state index contributed by atoms with van der Waals surface area (Å²) in [7, 11) is 5.41. The average molecular weight is 447 g/mol. The largest absolute Gasteiger partial charge is 0.493 e. The number of hydrogen-bond donors (Lipinski definition) is 0. The molecule has 1 aliphatic rings. The molecule has 0 aliphatic carbocycles. The average Bonchev–Trinajstić information content (AvgIpc) is 2.98. The predicted octanol–water partition coefficient (Wildman–Crippen LogP) is 4.96. The van der Waals surface area contributed by atoms with Gasteiger partial charge in [0, 0.05) is 13.1 Å². The van der Waals surface area contributed by atoms with Crippen LogP contribution in [0.25, 0.3) is 10.8 Å². The Bertz CT molecular complexity index is 1160. The molecule has 1 heterocycles. The highest BCUT2D eigenvalue weighted by Gasteiger charge is 2.29. The first-order chi connectivity index (χ1) is 16.0. The van der Waals surface area contributed by atoms with Crippen molar-refractivity contribution in [1.29, 1.82) is 0 Å². The lowest BCUT2D eigenvalue weighted by Gasteiger charge is -2.37. The van der Waals surface area contributed by atoms with Crippen LogP contribution < -0.4 is 9.47 Å². The third-order valence-corrected chi connectivity index (χ3v) is 6.91. The van der Waals surface area contributed by atoms with E-state index in [0.29, 0.717) is 24.5 Å². The number of carbonyl (C=O) groups is 1. The SMILES string of the molecule is CCC(N(C)Cc1c(C)ccc2ccccc12)N1CCc2cc(OC)c(OC)cc2CC1=O. The predicted molar refractivity (Wildman–Crippen MR) is 133 cm³/mol. The van der Waals surface area contributed by atoms with E-state index in [9.17, 15) is 4.79 Å². The monoisotopic (exact) mass is 446 g/mol. The fourth-order valence-electron chi connectivity index (χ4n) is 5.09. The van der Waals surface area contributed by atoms with Crippen molar-refractivity contribution in [3.8, 4) is 11.5 Å². The summed E-state index contributed by atoms with van der Waals surface area (Å²) >= 11 is 0. The van der Waals surface area contributed by atoms with Crippen molar-refractivity contribution >= 4 is 16.7 Å². The van der Waals surface area contributed by atoms with Crippen molar-refractivity contribution in [2.45, 2.75) is 45.8 Å². The molecule has 5 heteroatoms. The van der Waals surface area contributed by atoms with Crippen LogP contribution in [-0.2, 0) is 24.2 Å². The van der Waals surface area contributed by atoms with Gasteiger partial charge in [-0.25, -0.2) is 0 Å². The number of nitrogens with zero attached hydrogens (tertiary/aromatic N) is 2. The molecule has 1 aliphatic heterocycles. The number of rotatable bonds is 7. The molecule has 0 bridgehead atoms. The van der Waals surface area contributed by atoms with Gasteiger partial charge >= 0.3 is 0 Å². The maximum atomic E-state index is 13.4. The molecule has 4 rings (SSSR count). The number of methoxy groups -OCH3 is 2.